The zero-order valence-electron chi connectivity index (χ0n) is 24.6. The molecule has 6 atom stereocenters. The van der Waals surface area contributed by atoms with Crippen molar-refractivity contribution < 1.29 is 39.0 Å². The standard InChI is InChI=1S/C32H40O8/c1-14(2)19-11-18(10-9-16(5)33)25(35)22-20(19)12-30(7)13-31(8)23(15(3)4)26(36)21(17(6)34)28(38)32(31,40)29(39)24(30)27(22)37/h11,14-15,21,23-24,35,40H,9-10,12-13H2,1-8H3/t21?,23?,24?,30-,31-,32+/m1/s1. The smallest absolute Gasteiger partial charge is 0.190 e. The quantitative estimate of drug-likeness (QED) is 0.508. The Balaban J connectivity index is 1.98. The summed E-state index contributed by atoms with van der Waals surface area (Å²) in [7, 11) is 0. The molecule has 216 valence electrons. The van der Waals surface area contributed by atoms with Gasteiger partial charge in [-0.05, 0) is 67.1 Å². The molecule has 1 aromatic carbocycles. The van der Waals surface area contributed by atoms with Gasteiger partial charge in [-0.15, -0.1) is 0 Å². The lowest BCUT2D eigenvalue weighted by atomic mass is 9.39. The van der Waals surface area contributed by atoms with Gasteiger partial charge in [0.05, 0.1) is 11.5 Å². The Morgan fingerprint density at radius 3 is 2.12 bits per heavy atom. The summed E-state index contributed by atoms with van der Waals surface area (Å²) < 4.78 is 0. The van der Waals surface area contributed by atoms with Gasteiger partial charge in [0.25, 0.3) is 0 Å². The minimum Gasteiger partial charge on any atom is -0.507 e. The summed E-state index contributed by atoms with van der Waals surface area (Å²) in [6, 6.07) is 1.82. The molecule has 0 heterocycles. The van der Waals surface area contributed by atoms with Crippen LogP contribution in [0.1, 0.15) is 101 Å². The van der Waals surface area contributed by atoms with Crippen LogP contribution in [0.15, 0.2) is 6.07 Å². The van der Waals surface area contributed by atoms with Crippen LogP contribution >= 0.6 is 0 Å². The van der Waals surface area contributed by atoms with Crippen LogP contribution in [0, 0.1) is 34.5 Å². The van der Waals surface area contributed by atoms with Crippen LogP contribution in [0.5, 0.6) is 5.75 Å². The van der Waals surface area contributed by atoms with Gasteiger partial charge in [0.2, 0.25) is 0 Å². The Hall–Kier alpha value is -3.00. The van der Waals surface area contributed by atoms with Crippen LogP contribution in [-0.4, -0.2) is 50.5 Å². The molecule has 40 heavy (non-hydrogen) atoms. The van der Waals surface area contributed by atoms with Crippen LogP contribution in [0.3, 0.4) is 0 Å². The van der Waals surface area contributed by atoms with Gasteiger partial charge in [-0.3, -0.25) is 24.0 Å². The summed E-state index contributed by atoms with van der Waals surface area (Å²) in [5.41, 5.74) is -3.45. The molecule has 2 fully saturated rings. The fraction of sp³-hybridized carbons (Fsp3) is 0.625. The van der Waals surface area contributed by atoms with Crippen molar-refractivity contribution in [2.75, 3.05) is 0 Å². The van der Waals surface area contributed by atoms with Gasteiger partial charge in [-0.1, -0.05) is 47.6 Å². The van der Waals surface area contributed by atoms with Gasteiger partial charge in [0.15, 0.2) is 28.7 Å². The zero-order chi connectivity index (χ0) is 30.3. The molecule has 0 amide bonds. The number of hydrogen-bond donors (Lipinski definition) is 2. The lowest BCUT2D eigenvalue weighted by Crippen LogP contribution is -2.76. The molecule has 2 saturated carbocycles. The Kier molecular flexibility index (Phi) is 7.15. The molecule has 1 aromatic rings. The first kappa shape index (κ1) is 30.0. The highest BCUT2D eigenvalue weighted by Crippen LogP contribution is 2.64. The number of aromatic hydroxyl groups is 1. The Morgan fingerprint density at radius 2 is 1.62 bits per heavy atom. The van der Waals surface area contributed by atoms with Crippen molar-refractivity contribution in [3.63, 3.8) is 0 Å². The first-order valence-corrected chi connectivity index (χ1v) is 14.1. The Labute approximate surface area is 234 Å². The maximum absolute atomic E-state index is 14.4. The molecule has 0 saturated heterocycles. The minimum atomic E-state index is -2.72. The predicted octanol–water partition coefficient (Wildman–Crippen LogP) is 3.74. The summed E-state index contributed by atoms with van der Waals surface area (Å²) in [4.78, 5) is 80.2. The van der Waals surface area contributed by atoms with Crippen LogP contribution in [0.25, 0.3) is 0 Å². The molecular formula is C32H40O8. The number of benzene rings is 1. The van der Waals surface area contributed by atoms with Crippen LogP contribution < -0.4 is 0 Å². The van der Waals surface area contributed by atoms with Crippen LogP contribution in [-0.2, 0) is 36.8 Å². The minimum absolute atomic E-state index is 0.00403. The molecule has 3 aliphatic rings. The number of aliphatic hydroxyl groups is 1. The highest BCUT2D eigenvalue weighted by Gasteiger charge is 2.76. The molecule has 3 unspecified atom stereocenters. The third kappa shape index (κ3) is 3.89. The molecule has 3 aliphatic carbocycles. The van der Waals surface area contributed by atoms with E-state index in [2.05, 4.69) is 0 Å². The number of Topliss-reactive ketones (excluding diaryl/α,β-unsaturated/α-hetero) is 6. The molecule has 8 nitrogen and oxygen atoms in total. The molecule has 0 aliphatic heterocycles. The van der Waals surface area contributed by atoms with Gasteiger partial charge < -0.3 is 15.0 Å². The Bertz CT molecular complexity index is 1370. The number of carbonyl (C=O) groups excluding carboxylic acids is 6. The van der Waals surface area contributed by atoms with Crippen LogP contribution in [0.2, 0.25) is 0 Å². The number of hydrogen-bond acceptors (Lipinski definition) is 8. The normalized spacial score (nSPS) is 33.6. The second-order valence-electron chi connectivity index (χ2n) is 13.5. The summed E-state index contributed by atoms with van der Waals surface area (Å²) in [6.45, 7) is 13.3. The topological polar surface area (TPSA) is 143 Å². The third-order valence-corrected chi connectivity index (χ3v) is 9.86. The predicted molar refractivity (Wildman–Crippen MR) is 146 cm³/mol. The zero-order valence-corrected chi connectivity index (χ0v) is 24.6. The Morgan fingerprint density at radius 1 is 1.02 bits per heavy atom. The number of fused-ring (bicyclic) bond motifs is 3. The molecule has 0 aromatic heterocycles. The highest BCUT2D eigenvalue weighted by molar-refractivity contribution is 6.32. The van der Waals surface area contributed by atoms with E-state index < -0.39 is 69.0 Å². The summed E-state index contributed by atoms with van der Waals surface area (Å²) in [5.74, 6) is -9.16. The number of ketones is 6. The van der Waals surface area contributed by atoms with Crippen molar-refractivity contribution in [1.29, 1.82) is 0 Å². The largest absolute Gasteiger partial charge is 0.507 e. The van der Waals surface area contributed by atoms with Crippen molar-refractivity contribution in [2.45, 2.75) is 92.6 Å². The van der Waals surface area contributed by atoms with Gasteiger partial charge in [-0.25, -0.2) is 0 Å². The fourth-order valence-electron chi connectivity index (χ4n) is 8.31. The van der Waals surface area contributed by atoms with Gasteiger partial charge in [-0.2, -0.15) is 0 Å². The fourth-order valence-corrected chi connectivity index (χ4v) is 8.31. The molecule has 0 bridgehead atoms. The van der Waals surface area contributed by atoms with Crippen molar-refractivity contribution in [2.24, 2.45) is 34.5 Å². The average Bonchev–Trinajstić information content (AvgIpc) is 2.80. The number of phenolic OH excluding ortho intramolecular Hbond substituents is 1. The number of carbonyl (C=O) groups is 6. The molecular weight excluding hydrogens is 512 g/mol. The monoisotopic (exact) mass is 552 g/mol. The molecule has 2 N–H and O–H groups in total. The third-order valence-electron chi connectivity index (χ3n) is 9.86. The van der Waals surface area contributed by atoms with Gasteiger partial charge >= 0.3 is 0 Å². The van der Waals surface area contributed by atoms with Gasteiger partial charge in [0, 0.05) is 17.8 Å². The van der Waals surface area contributed by atoms with E-state index in [4.69, 9.17) is 0 Å². The van der Waals surface area contributed by atoms with E-state index in [1.54, 1.807) is 27.7 Å². The van der Waals surface area contributed by atoms with Gasteiger partial charge in [0.1, 0.15) is 23.2 Å². The molecule has 4 rings (SSSR count). The lowest BCUT2D eigenvalue weighted by molar-refractivity contribution is -0.205. The van der Waals surface area contributed by atoms with E-state index in [1.807, 2.05) is 19.9 Å². The van der Waals surface area contributed by atoms with E-state index in [0.29, 0.717) is 11.1 Å². The number of aryl methyl sites for hydroxylation is 1. The lowest BCUT2D eigenvalue weighted by Gasteiger charge is -2.62. The molecule has 0 radical (unpaired) electrons. The van der Waals surface area contributed by atoms with Crippen molar-refractivity contribution in [3.05, 3.63) is 28.3 Å². The summed E-state index contributed by atoms with van der Waals surface area (Å²) >= 11 is 0. The highest BCUT2D eigenvalue weighted by atomic mass is 16.3. The number of rotatable bonds is 6. The first-order chi connectivity index (χ1) is 18.3. The second-order valence-corrected chi connectivity index (χ2v) is 13.5. The maximum Gasteiger partial charge on any atom is 0.190 e. The van der Waals surface area contributed by atoms with Crippen molar-refractivity contribution in [3.8, 4) is 5.75 Å². The van der Waals surface area contributed by atoms with E-state index in [-0.39, 0.29) is 48.7 Å². The molecule has 0 spiro atoms. The van der Waals surface area contributed by atoms with Crippen LogP contribution in [0.4, 0.5) is 0 Å². The van der Waals surface area contributed by atoms with Crippen molar-refractivity contribution in [1.82, 2.24) is 0 Å². The SMILES string of the molecule is CC(=O)CCc1cc(C(C)C)c2c(c1O)C(=O)C1C(=O)[C@@]3(O)C(=O)C(C(C)=O)C(=O)C(C(C)C)[C@@]3(C)C[C@@]1(C)C2. The van der Waals surface area contributed by atoms with E-state index in [9.17, 15) is 39.0 Å². The maximum atomic E-state index is 14.4. The summed E-state index contributed by atoms with van der Waals surface area (Å²) in [6.07, 6.45) is 0.624. The van der Waals surface area contributed by atoms with E-state index in [0.717, 1.165) is 12.5 Å². The second kappa shape index (κ2) is 9.54. The number of phenols is 1. The summed E-state index contributed by atoms with van der Waals surface area (Å²) in [5, 5.41) is 23.4. The van der Waals surface area contributed by atoms with E-state index in [1.165, 1.54) is 6.92 Å². The van der Waals surface area contributed by atoms with Crippen molar-refractivity contribution >= 4 is 34.7 Å². The first-order valence-electron chi connectivity index (χ1n) is 14.1. The van der Waals surface area contributed by atoms with E-state index >= 15 is 0 Å². The average molecular weight is 553 g/mol. The molecule has 8 heteroatoms.